The van der Waals surface area contributed by atoms with E-state index in [0.29, 0.717) is 16.3 Å². The van der Waals surface area contributed by atoms with Crippen LogP contribution in [0, 0.1) is 0 Å². The fourth-order valence-electron chi connectivity index (χ4n) is 1.78. The van der Waals surface area contributed by atoms with Gasteiger partial charge in [0.1, 0.15) is 0 Å². The largest absolute Gasteiger partial charge is 0.384 e. The van der Waals surface area contributed by atoms with Crippen LogP contribution in [0.15, 0.2) is 41.1 Å². The second kappa shape index (κ2) is 7.43. The van der Waals surface area contributed by atoms with Gasteiger partial charge in [0, 0.05) is 29.6 Å². The molecule has 0 radical (unpaired) electrons. The molecule has 0 spiro atoms. The van der Waals surface area contributed by atoms with Gasteiger partial charge in [-0.2, -0.15) is 0 Å². The molecular weight excluding hydrogens is 354 g/mol. The minimum atomic E-state index is -0.219. The number of halogens is 2. The zero-order valence-corrected chi connectivity index (χ0v) is 13.8. The van der Waals surface area contributed by atoms with Gasteiger partial charge < -0.3 is 10.6 Å². The van der Waals surface area contributed by atoms with Crippen LogP contribution in [0.1, 0.15) is 23.7 Å². The van der Waals surface area contributed by atoms with Gasteiger partial charge in [-0.05, 0) is 46.6 Å². The van der Waals surface area contributed by atoms with Gasteiger partial charge in [-0.15, -0.1) is 0 Å². The summed E-state index contributed by atoms with van der Waals surface area (Å²) in [6.07, 6.45) is 4.22. The van der Waals surface area contributed by atoms with Crippen molar-refractivity contribution in [3.05, 3.63) is 51.7 Å². The lowest BCUT2D eigenvalue weighted by Gasteiger charge is -2.13. The number of carbonyl (C=O) groups is 1. The Morgan fingerprint density at radius 1 is 1.33 bits per heavy atom. The van der Waals surface area contributed by atoms with Crippen LogP contribution in [0.4, 0.5) is 11.4 Å². The lowest BCUT2D eigenvalue weighted by Crippen LogP contribution is -2.15. The molecule has 110 valence electrons. The first-order chi connectivity index (χ1) is 10.1. The molecule has 1 aromatic carbocycles. The Morgan fingerprint density at radius 3 is 2.86 bits per heavy atom. The molecule has 0 unspecified atom stereocenters. The number of rotatable bonds is 5. The summed E-state index contributed by atoms with van der Waals surface area (Å²) in [5, 5.41) is 6.60. The van der Waals surface area contributed by atoms with Crippen molar-refractivity contribution in [2.24, 2.45) is 0 Å². The molecule has 2 rings (SSSR count). The van der Waals surface area contributed by atoms with Gasteiger partial charge in [0.15, 0.2) is 0 Å². The molecule has 2 N–H and O–H groups in total. The maximum absolute atomic E-state index is 12.5. The molecule has 0 fully saturated rings. The van der Waals surface area contributed by atoms with Crippen molar-refractivity contribution in [1.29, 1.82) is 0 Å². The minimum Gasteiger partial charge on any atom is -0.384 e. The highest BCUT2D eigenvalue weighted by Gasteiger charge is 2.13. The number of anilines is 2. The zero-order valence-electron chi connectivity index (χ0n) is 11.5. The van der Waals surface area contributed by atoms with Gasteiger partial charge in [-0.3, -0.25) is 9.78 Å². The third-order valence-electron chi connectivity index (χ3n) is 2.81. The molecule has 0 aliphatic heterocycles. The van der Waals surface area contributed by atoms with Crippen LogP contribution in [0.25, 0.3) is 0 Å². The number of nitrogens with zero attached hydrogens (tertiary/aromatic N) is 1. The summed E-state index contributed by atoms with van der Waals surface area (Å²) in [7, 11) is 0. The first-order valence-corrected chi connectivity index (χ1v) is 7.73. The van der Waals surface area contributed by atoms with E-state index < -0.39 is 0 Å². The number of benzene rings is 1. The van der Waals surface area contributed by atoms with E-state index in [1.165, 1.54) is 0 Å². The summed E-state index contributed by atoms with van der Waals surface area (Å²) in [6.45, 7) is 2.86. The van der Waals surface area contributed by atoms with E-state index in [1.54, 1.807) is 30.6 Å². The number of hydrogen-bond acceptors (Lipinski definition) is 3. The van der Waals surface area contributed by atoms with E-state index >= 15 is 0 Å². The molecule has 0 atom stereocenters. The van der Waals surface area contributed by atoms with Gasteiger partial charge in [-0.25, -0.2) is 0 Å². The van der Waals surface area contributed by atoms with Crippen LogP contribution < -0.4 is 10.6 Å². The van der Waals surface area contributed by atoms with E-state index in [0.717, 1.165) is 23.1 Å². The van der Waals surface area contributed by atoms with Crippen LogP contribution in [-0.4, -0.2) is 17.4 Å². The minimum absolute atomic E-state index is 0.219. The van der Waals surface area contributed by atoms with E-state index in [4.69, 9.17) is 11.6 Å². The third kappa shape index (κ3) is 4.19. The van der Waals surface area contributed by atoms with Crippen molar-refractivity contribution in [3.8, 4) is 0 Å². The SMILES string of the molecule is CCCNc1ccc(Cl)cc1C(=O)Nc1ccncc1Br. The van der Waals surface area contributed by atoms with Gasteiger partial charge in [0.2, 0.25) is 0 Å². The Morgan fingerprint density at radius 2 is 2.14 bits per heavy atom. The lowest BCUT2D eigenvalue weighted by molar-refractivity contribution is 0.102. The van der Waals surface area contributed by atoms with Crippen LogP contribution >= 0.6 is 27.5 Å². The molecule has 1 amide bonds. The fraction of sp³-hybridized carbons (Fsp3) is 0.200. The summed E-state index contributed by atoms with van der Waals surface area (Å²) in [5.74, 6) is -0.219. The summed E-state index contributed by atoms with van der Waals surface area (Å²) in [6, 6.07) is 6.96. The Balaban J connectivity index is 2.25. The highest BCUT2D eigenvalue weighted by atomic mass is 79.9. The number of carbonyl (C=O) groups excluding carboxylic acids is 1. The topological polar surface area (TPSA) is 54.0 Å². The standard InChI is InChI=1S/C15H15BrClN3O/c1-2-6-19-13-4-3-10(17)8-11(13)15(21)20-14-5-7-18-9-12(14)16/h3-5,7-9,19H,2,6H2,1H3,(H,18,20,21). The van der Waals surface area contributed by atoms with Crippen LogP contribution in [0.2, 0.25) is 5.02 Å². The average Bonchev–Trinajstić information content (AvgIpc) is 2.48. The summed E-state index contributed by atoms with van der Waals surface area (Å²) in [4.78, 5) is 16.4. The van der Waals surface area contributed by atoms with Crippen molar-refractivity contribution in [2.45, 2.75) is 13.3 Å². The molecular formula is C15H15BrClN3O. The van der Waals surface area contributed by atoms with Gasteiger partial charge >= 0.3 is 0 Å². The molecule has 0 saturated carbocycles. The molecule has 0 bridgehead atoms. The average molecular weight is 369 g/mol. The molecule has 1 aromatic heterocycles. The normalized spacial score (nSPS) is 10.2. The third-order valence-corrected chi connectivity index (χ3v) is 3.68. The quantitative estimate of drug-likeness (QED) is 0.812. The molecule has 1 heterocycles. The second-order valence-electron chi connectivity index (χ2n) is 4.43. The Bertz CT molecular complexity index is 649. The Kier molecular flexibility index (Phi) is 5.59. The first kappa shape index (κ1) is 15.8. The van der Waals surface area contributed by atoms with E-state index in [2.05, 4.69) is 38.5 Å². The molecule has 0 aliphatic rings. The molecule has 6 heteroatoms. The first-order valence-electron chi connectivity index (χ1n) is 6.56. The van der Waals surface area contributed by atoms with Crippen molar-refractivity contribution >= 4 is 44.8 Å². The molecule has 0 saturated heterocycles. The number of nitrogens with one attached hydrogen (secondary N) is 2. The molecule has 21 heavy (non-hydrogen) atoms. The van der Waals surface area contributed by atoms with Gasteiger partial charge in [0.25, 0.3) is 5.91 Å². The van der Waals surface area contributed by atoms with Crippen molar-refractivity contribution in [3.63, 3.8) is 0 Å². The highest BCUT2D eigenvalue weighted by molar-refractivity contribution is 9.10. The summed E-state index contributed by atoms with van der Waals surface area (Å²) in [5.41, 5.74) is 1.94. The predicted molar refractivity (Wildman–Crippen MR) is 90.1 cm³/mol. The smallest absolute Gasteiger partial charge is 0.257 e. The van der Waals surface area contributed by atoms with Gasteiger partial charge in [0.05, 0.1) is 15.7 Å². The molecule has 2 aromatic rings. The lowest BCUT2D eigenvalue weighted by atomic mass is 10.1. The maximum atomic E-state index is 12.5. The van der Waals surface area contributed by atoms with Crippen molar-refractivity contribution in [1.82, 2.24) is 4.98 Å². The maximum Gasteiger partial charge on any atom is 0.257 e. The Hall–Kier alpha value is -1.59. The molecule has 4 nitrogen and oxygen atoms in total. The van der Waals surface area contributed by atoms with E-state index in [1.807, 2.05) is 6.07 Å². The highest BCUT2D eigenvalue weighted by Crippen LogP contribution is 2.24. The summed E-state index contributed by atoms with van der Waals surface area (Å²) < 4.78 is 0.725. The van der Waals surface area contributed by atoms with E-state index in [9.17, 15) is 4.79 Å². The van der Waals surface area contributed by atoms with E-state index in [-0.39, 0.29) is 5.91 Å². The van der Waals surface area contributed by atoms with Crippen molar-refractivity contribution < 1.29 is 4.79 Å². The van der Waals surface area contributed by atoms with Crippen LogP contribution in [-0.2, 0) is 0 Å². The summed E-state index contributed by atoms with van der Waals surface area (Å²) >= 11 is 9.36. The monoisotopic (exact) mass is 367 g/mol. The second-order valence-corrected chi connectivity index (χ2v) is 5.72. The number of aromatic nitrogens is 1. The zero-order chi connectivity index (χ0) is 15.2. The number of pyridine rings is 1. The number of amides is 1. The fourth-order valence-corrected chi connectivity index (χ4v) is 2.31. The van der Waals surface area contributed by atoms with Gasteiger partial charge in [-0.1, -0.05) is 18.5 Å². The molecule has 0 aliphatic carbocycles. The van der Waals surface area contributed by atoms with Crippen LogP contribution in [0.5, 0.6) is 0 Å². The van der Waals surface area contributed by atoms with Crippen LogP contribution in [0.3, 0.4) is 0 Å². The predicted octanol–water partition coefficient (Wildman–Crippen LogP) is 4.57. The Labute approximate surface area is 137 Å². The van der Waals surface area contributed by atoms with Crippen molar-refractivity contribution in [2.75, 3.05) is 17.2 Å². The number of hydrogen-bond donors (Lipinski definition) is 2.